The summed E-state index contributed by atoms with van der Waals surface area (Å²) in [6.07, 6.45) is 7.28. The van der Waals surface area contributed by atoms with Crippen LogP contribution in [0.4, 0.5) is 5.69 Å². The molecule has 1 unspecified atom stereocenters. The van der Waals surface area contributed by atoms with Gasteiger partial charge in [0.05, 0.1) is 6.04 Å². The Bertz CT molecular complexity index is 754. The number of benzene rings is 1. The van der Waals surface area contributed by atoms with Crippen molar-refractivity contribution in [2.75, 3.05) is 24.5 Å². The zero-order valence-corrected chi connectivity index (χ0v) is 14.2. The third-order valence-corrected chi connectivity index (χ3v) is 5.08. The minimum atomic E-state index is 0.0520. The molecule has 1 aromatic carbocycles. The molecule has 2 saturated heterocycles. The lowest BCUT2D eigenvalue weighted by Crippen LogP contribution is -2.40. The topological polar surface area (TPSA) is 58.4 Å². The van der Waals surface area contributed by atoms with Crippen molar-refractivity contribution in [2.24, 2.45) is 0 Å². The number of rotatable bonds is 3. The summed E-state index contributed by atoms with van der Waals surface area (Å²) < 4.78 is 1.95. The molecule has 2 fully saturated rings. The third-order valence-electron chi connectivity index (χ3n) is 5.08. The highest BCUT2D eigenvalue weighted by Gasteiger charge is 2.26. The van der Waals surface area contributed by atoms with E-state index < -0.39 is 0 Å². The Hall–Kier alpha value is -2.63. The predicted molar refractivity (Wildman–Crippen MR) is 94.4 cm³/mol. The van der Waals surface area contributed by atoms with Crippen molar-refractivity contribution in [1.82, 2.24) is 14.7 Å². The standard InChI is InChI=1S/C19H22N4O2/c24-18-5-2-12-22(18)16-8-6-15(7-9-16)19(25)21-11-1-4-17(14-21)23-13-3-10-20-23/h3,6-10,13,17H,1-2,4-5,11-12,14H2. The van der Waals surface area contributed by atoms with E-state index >= 15 is 0 Å². The van der Waals surface area contributed by atoms with Crippen molar-refractivity contribution in [3.05, 3.63) is 48.3 Å². The summed E-state index contributed by atoms with van der Waals surface area (Å²) >= 11 is 0. The van der Waals surface area contributed by atoms with Gasteiger partial charge in [0.15, 0.2) is 0 Å². The fourth-order valence-corrected chi connectivity index (χ4v) is 3.74. The van der Waals surface area contributed by atoms with Gasteiger partial charge in [-0.05, 0) is 49.6 Å². The Morgan fingerprint density at radius 1 is 1.12 bits per heavy atom. The first-order valence-corrected chi connectivity index (χ1v) is 8.91. The maximum Gasteiger partial charge on any atom is 0.253 e. The molecule has 1 atom stereocenters. The predicted octanol–water partition coefficient (Wildman–Crippen LogP) is 2.49. The lowest BCUT2D eigenvalue weighted by atomic mass is 10.0. The minimum Gasteiger partial charge on any atom is -0.337 e. The second-order valence-electron chi connectivity index (χ2n) is 6.73. The number of likely N-dealkylation sites (tertiary alicyclic amines) is 1. The molecule has 4 rings (SSSR count). The fourth-order valence-electron chi connectivity index (χ4n) is 3.74. The Balaban J connectivity index is 1.46. The van der Waals surface area contributed by atoms with Crippen LogP contribution in [0, 0.1) is 0 Å². The van der Waals surface area contributed by atoms with Crippen LogP contribution in [0.25, 0.3) is 0 Å². The van der Waals surface area contributed by atoms with Crippen LogP contribution in [0.15, 0.2) is 42.7 Å². The van der Waals surface area contributed by atoms with Gasteiger partial charge in [0.25, 0.3) is 5.91 Å². The molecule has 0 radical (unpaired) electrons. The van der Waals surface area contributed by atoms with Crippen molar-refractivity contribution in [1.29, 1.82) is 0 Å². The molecule has 0 saturated carbocycles. The summed E-state index contributed by atoms with van der Waals surface area (Å²) in [5, 5.41) is 4.31. The lowest BCUT2D eigenvalue weighted by Gasteiger charge is -2.33. The first kappa shape index (κ1) is 15.9. The van der Waals surface area contributed by atoms with Crippen LogP contribution >= 0.6 is 0 Å². The number of amides is 2. The van der Waals surface area contributed by atoms with Gasteiger partial charge in [-0.15, -0.1) is 0 Å². The quantitative estimate of drug-likeness (QED) is 0.864. The van der Waals surface area contributed by atoms with Gasteiger partial charge in [0, 0.05) is 49.7 Å². The number of hydrogen-bond donors (Lipinski definition) is 0. The van der Waals surface area contributed by atoms with Crippen molar-refractivity contribution >= 4 is 17.5 Å². The first-order valence-electron chi connectivity index (χ1n) is 8.91. The van der Waals surface area contributed by atoms with Crippen LogP contribution in [-0.4, -0.2) is 46.1 Å². The first-order chi connectivity index (χ1) is 12.2. The molecule has 0 N–H and O–H groups in total. The van der Waals surface area contributed by atoms with Gasteiger partial charge in [-0.2, -0.15) is 5.10 Å². The number of carbonyl (C=O) groups excluding carboxylic acids is 2. The van der Waals surface area contributed by atoms with Crippen LogP contribution in [0.1, 0.15) is 42.1 Å². The summed E-state index contributed by atoms with van der Waals surface area (Å²) in [6, 6.07) is 9.59. The molecule has 6 nitrogen and oxygen atoms in total. The van der Waals surface area contributed by atoms with Crippen LogP contribution in [0.3, 0.4) is 0 Å². The summed E-state index contributed by atoms with van der Waals surface area (Å²) in [6.45, 7) is 2.24. The zero-order chi connectivity index (χ0) is 17.2. The zero-order valence-electron chi connectivity index (χ0n) is 14.2. The molecule has 1 aromatic heterocycles. The van der Waals surface area contributed by atoms with Crippen molar-refractivity contribution in [2.45, 2.75) is 31.7 Å². The van der Waals surface area contributed by atoms with Crippen LogP contribution < -0.4 is 4.90 Å². The van der Waals surface area contributed by atoms with E-state index in [4.69, 9.17) is 0 Å². The van der Waals surface area contributed by atoms with Crippen molar-refractivity contribution in [3.8, 4) is 0 Å². The van der Waals surface area contributed by atoms with Gasteiger partial charge >= 0.3 is 0 Å². The molecule has 2 aliphatic rings. The smallest absolute Gasteiger partial charge is 0.253 e. The minimum absolute atomic E-state index is 0.0520. The number of anilines is 1. The van der Waals surface area contributed by atoms with E-state index in [9.17, 15) is 9.59 Å². The van der Waals surface area contributed by atoms with Crippen molar-refractivity contribution in [3.63, 3.8) is 0 Å². The molecular weight excluding hydrogens is 316 g/mol. The highest BCUT2D eigenvalue weighted by Crippen LogP contribution is 2.24. The average molecular weight is 338 g/mol. The number of carbonyl (C=O) groups is 2. The second kappa shape index (κ2) is 6.70. The van der Waals surface area contributed by atoms with E-state index in [1.165, 1.54) is 0 Å². The highest BCUT2D eigenvalue weighted by atomic mass is 16.2. The number of aromatic nitrogens is 2. The number of piperidine rings is 1. The second-order valence-corrected chi connectivity index (χ2v) is 6.73. The molecule has 6 heteroatoms. The number of nitrogens with zero attached hydrogens (tertiary/aromatic N) is 4. The monoisotopic (exact) mass is 338 g/mol. The molecule has 130 valence electrons. The van der Waals surface area contributed by atoms with Gasteiger partial charge in [-0.1, -0.05) is 0 Å². The maximum absolute atomic E-state index is 12.8. The molecule has 0 aliphatic carbocycles. The maximum atomic E-state index is 12.8. The van der Waals surface area contributed by atoms with E-state index in [1.54, 1.807) is 11.1 Å². The Kier molecular flexibility index (Phi) is 4.26. The molecular formula is C19H22N4O2. The normalized spacial score (nSPS) is 21.0. The van der Waals surface area contributed by atoms with Crippen LogP contribution in [-0.2, 0) is 4.79 Å². The Morgan fingerprint density at radius 3 is 2.64 bits per heavy atom. The highest BCUT2D eigenvalue weighted by molar-refractivity contribution is 5.97. The Morgan fingerprint density at radius 2 is 1.96 bits per heavy atom. The third kappa shape index (κ3) is 3.16. The van der Waals surface area contributed by atoms with Crippen LogP contribution in [0.2, 0.25) is 0 Å². The van der Waals surface area contributed by atoms with Gasteiger partial charge in [-0.3, -0.25) is 14.3 Å². The SMILES string of the molecule is O=C(c1ccc(N2CCCC2=O)cc1)N1CCCC(n2cccn2)C1. The van der Waals surface area contributed by atoms with E-state index in [1.807, 2.05) is 46.1 Å². The summed E-state index contributed by atoms with van der Waals surface area (Å²) in [7, 11) is 0. The number of hydrogen-bond acceptors (Lipinski definition) is 3. The largest absolute Gasteiger partial charge is 0.337 e. The average Bonchev–Trinajstić information content (AvgIpc) is 3.33. The Labute approximate surface area is 147 Å². The van der Waals surface area contributed by atoms with Crippen LogP contribution in [0.5, 0.6) is 0 Å². The van der Waals surface area contributed by atoms with E-state index in [-0.39, 0.29) is 17.9 Å². The summed E-state index contributed by atoms with van der Waals surface area (Å²) in [5.41, 5.74) is 1.56. The molecule has 3 heterocycles. The summed E-state index contributed by atoms with van der Waals surface area (Å²) in [4.78, 5) is 28.4. The summed E-state index contributed by atoms with van der Waals surface area (Å²) in [5.74, 6) is 0.216. The van der Waals surface area contributed by atoms with E-state index in [2.05, 4.69) is 5.10 Å². The van der Waals surface area contributed by atoms with Crippen molar-refractivity contribution < 1.29 is 9.59 Å². The van der Waals surface area contributed by atoms with Gasteiger partial charge in [-0.25, -0.2) is 0 Å². The van der Waals surface area contributed by atoms with E-state index in [0.717, 1.165) is 38.0 Å². The lowest BCUT2D eigenvalue weighted by molar-refractivity contribution is -0.117. The molecule has 2 aliphatic heterocycles. The molecule has 2 aromatic rings. The van der Waals surface area contributed by atoms with E-state index in [0.29, 0.717) is 18.5 Å². The van der Waals surface area contributed by atoms with Gasteiger partial charge in [0.2, 0.25) is 5.91 Å². The molecule has 25 heavy (non-hydrogen) atoms. The molecule has 2 amide bonds. The van der Waals surface area contributed by atoms with Gasteiger partial charge in [0.1, 0.15) is 0 Å². The van der Waals surface area contributed by atoms with Gasteiger partial charge < -0.3 is 9.80 Å². The molecule has 0 spiro atoms. The molecule has 0 bridgehead atoms. The fraction of sp³-hybridized carbons (Fsp3) is 0.421.